The van der Waals surface area contributed by atoms with E-state index < -0.39 is 26.6 Å². The molecule has 0 aliphatic rings. The summed E-state index contributed by atoms with van der Waals surface area (Å²) in [4.78, 5) is 10.6. The van der Waals surface area contributed by atoms with Crippen LogP contribution in [0, 0.1) is 0 Å². The predicted octanol–water partition coefficient (Wildman–Crippen LogP) is 1.62. The molecule has 106 valence electrons. The maximum atomic E-state index is 11.9. The van der Waals surface area contributed by atoms with Crippen molar-refractivity contribution in [2.75, 3.05) is 20.3 Å². The average molecular weight is 328 g/mol. The van der Waals surface area contributed by atoms with Gasteiger partial charge in [-0.3, -0.25) is 0 Å². The summed E-state index contributed by atoms with van der Waals surface area (Å²) < 4.78 is 30.8. The molecule has 9 heteroatoms. The van der Waals surface area contributed by atoms with Gasteiger partial charge in [-0.05, 0) is 12.1 Å². The molecule has 0 atom stereocenters. The Bertz CT molecular complexity index is 588. The van der Waals surface area contributed by atoms with Gasteiger partial charge >= 0.3 is 5.97 Å². The first-order valence-electron chi connectivity index (χ1n) is 5.01. The van der Waals surface area contributed by atoms with Gasteiger partial charge in [0, 0.05) is 13.7 Å². The van der Waals surface area contributed by atoms with Crippen LogP contribution in [-0.4, -0.2) is 39.8 Å². The van der Waals surface area contributed by atoms with E-state index in [1.54, 1.807) is 0 Å². The van der Waals surface area contributed by atoms with E-state index in [0.29, 0.717) is 0 Å². The van der Waals surface area contributed by atoms with Gasteiger partial charge in [-0.1, -0.05) is 23.2 Å². The van der Waals surface area contributed by atoms with Crippen molar-refractivity contribution in [3.8, 4) is 0 Å². The van der Waals surface area contributed by atoms with Gasteiger partial charge in [0.15, 0.2) is 0 Å². The average Bonchev–Trinajstić information content (AvgIpc) is 2.28. The normalized spacial score (nSPS) is 11.5. The quantitative estimate of drug-likeness (QED) is 0.774. The number of ether oxygens (including phenoxy) is 1. The number of hydrogen-bond donors (Lipinski definition) is 2. The molecule has 0 radical (unpaired) electrons. The second kappa shape index (κ2) is 6.53. The highest BCUT2D eigenvalue weighted by Crippen LogP contribution is 2.30. The Balaban J connectivity index is 3.21. The highest BCUT2D eigenvalue weighted by molar-refractivity contribution is 7.89. The first-order valence-corrected chi connectivity index (χ1v) is 7.25. The van der Waals surface area contributed by atoms with Crippen LogP contribution >= 0.6 is 23.2 Å². The van der Waals surface area contributed by atoms with E-state index in [-0.39, 0.29) is 23.1 Å². The van der Waals surface area contributed by atoms with Crippen molar-refractivity contribution in [3.05, 3.63) is 27.7 Å². The molecule has 0 spiro atoms. The van der Waals surface area contributed by atoms with E-state index in [0.717, 1.165) is 6.07 Å². The molecule has 1 aromatic rings. The number of rotatable bonds is 6. The third-order valence-electron chi connectivity index (χ3n) is 2.16. The van der Waals surface area contributed by atoms with Crippen molar-refractivity contribution in [2.45, 2.75) is 4.90 Å². The molecule has 0 saturated heterocycles. The van der Waals surface area contributed by atoms with Gasteiger partial charge in [0.25, 0.3) is 0 Å². The van der Waals surface area contributed by atoms with E-state index >= 15 is 0 Å². The molecule has 0 aromatic heterocycles. The van der Waals surface area contributed by atoms with Gasteiger partial charge in [0.1, 0.15) is 4.90 Å². The predicted molar refractivity (Wildman–Crippen MR) is 70.5 cm³/mol. The smallest absolute Gasteiger partial charge is 0.338 e. The summed E-state index contributed by atoms with van der Waals surface area (Å²) in [6, 6.07) is 2.31. The summed E-state index contributed by atoms with van der Waals surface area (Å²) in [6.45, 7) is 0.219. The van der Waals surface area contributed by atoms with Crippen LogP contribution in [0.25, 0.3) is 0 Å². The van der Waals surface area contributed by atoms with Crippen LogP contribution in [0.5, 0.6) is 0 Å². The summed E-state index contributed by atoms with van der Waals surface area (Å²) >= 11 is 11.5. The number of methoxy groups -OCH3 is 1. The summed E-state index contributed by atoms with van der Waals surface area (Å²) in [5, 5.41) is 8.39. The molecule has 2 N–H and O–H groups in total. The van der Waals surface area contributed by atoms with Crippen molar-refractivity contribution < 1.29 is 23.1 Å². The molecule has 1 rings (SSSR count). The van der Waals surface area contributed by atoms with E-state index in [1.807, 2.05) is 0 Å². The fourth-order valence-electron chi connectivity index (χ4n) is 1.29. The number of carboxylic acids is 1. The zero-order valence-electron chi connectivity index (χ0n) is 9.81. The molecule has 6 nitrogen and oxygen atoms in total. The van der Waals surface area contributed by atoms with Crippen molar-refractivity contribution in [2.24, 2.45) is 0 Å². The Morgan fingerprint density at radius 3 is 2.58 bits per heavy atom. The molecule has 1 aromatic carbocycles. The molecule has 0 heterocycles. The van der Waals surface area contributed by atoms with Crippen LogP contribution < -0.4 is 4.72 Å². The summed E-state index contributed by atoms with van der Waals surface area (Å²) in [6.07, 6.45) is 0. The second-order valence-electron chi connectivity index (χ2n) is 3.43. The number of sulfonamides is 1. The minimum Gasteiger partial charge on any atom is -0.478 e. The van der Waals surface area contributed by atoms with Gasteiger partial charge in [-0.25, -0.2) is 17.9 Å². The Hall–Kier alpha value is -0.860. The fraction of sp³-hybridized carbons (Fsp3) is 0.300. The van der Waals surface area contributed by atoms with Crippen LogP contribution in [0.1, 0.15) is 10.4 Å². The second-order valence-corrected chi connectivity index (χ2v) is 5.95. The van der Waals surface area contributed by atoms with Gasteiger partial charge < -0.3 is 9.84 Å². The van der Waals surface area contributed by atoms with Crippen molar-refractivity contribution in [1.82, 2.24) is 4.72 Å². The summed E-state index contributed by atoms with van der Waals surface area (Å²) in [5.41, 5.74) is -0.446. The van der Waals surface area contributed by atoms with Crippen LogP contribution in [0.4, 0.5) is 0 Å². The molecular formula is C10H11Cl2NO5S. The monoisotopic (exact) mass is 327 g/mol. The zero-order chi connectivity index (χ0) is 14.6. The number of aromatic carboxylic acids is 1. The largest absolute Gasteiger partial charge is 0.478 e. The highest BCUT2D eigenvalue weighted by atomic mass is 35.5. The Morgan fingerprint density at radius 1 is 1.42 bits per heavy atom. The minimum absolute atomic E-state index is 0.0419. The first-order chi connectivity index (χ1) is 8.81. The number of halogens is 2. The molecule has 19 heavy (non-hydrogen) atoms. The van der Waals surface area contributed by atoms with E-state index in [2.05, 4.69) is 4.72 Å². The van der Waals surface area contributed by atoms with Crippen molar-refractivity contribution >= 4 is 39.2 Å². The SMILES string of the molecule is COCCNS(=O)(=O)c1ccc(Cl)c(C(=O)O)c1Cl. The Labute approximate surface area is 120 Å². The van der Waals surface area contributed by atoms with Crippen molar-refractivity contribution in [1.29, 1.82) is 0 Å². The zero-order valence-corrected chi connectivity index (χ0v) is 12.1. The molecule has 0 bridgehead atoms. The van der Waals surface area contributed by atoms with Gasteiger partial charge in [-0.15, -0.1) is 0 Å². The number of nitrogens with one attached hydrogen (secondary N) is 1. The van der Waals surface area contributed by atoms with E-state index in [4.69, 9.17) is 33.0 Å². The molecule has 0 amide bonds. The standard InChI is InChI=1S/C10H11Cl2NO5S/c1-18-5-4-13-19(16,17)7-3-2-6(11)8(9(7)12)10(14)15/h2-3,13H,4-5H2,1H3,(H,14,15). The van der Waals surface area contributed by atoms with Gasteiger partial charge in [-0.2, -0.15) is 0 Å². The number of benzene rings is 1. The van der Waals surface area contributed by atoms with Crippen LogP contribution in [0.15, 0.2) is 17.0 Å². The third-order valence-corrected chi connectivity index (χ3v) is 4.48. The van der Waals surface area contributed by atoms with Crippen molar-refractivity contribution in [3.63, 3.8) is 0 Å². The van der Waals surface area contributed by atoms with E-state index in [1.165, 1.54) is 13.2 Å². The summed E-state index contributed by atoms with van der Waals surface area (Å²) in [5.74, 6) is -1.40. The summed E-state index contributed by atoms with van der Waals surface area (Å²) in [7, 11) is -2.50. The molecular weight excluding hydrogens is 317 g/mol. The minimum atomic E-state index is -3.92. The lowest BCUT2D eigenvalue weighted by Crippen LogP contribution is -2.27. The third kappa shape index (κ3) is 3.80. The lowest BCUT2D eigenvalue weighted by molar-refractivity contribution is 0.0697. The molecule has 0 saturated carbocycles. The Morgan fingerprint density at radius 2 is 2.05 bits per heavy atom. The van der Waals surface area contributed by atoms with Crippen LogP contribution in [0.2, 0.25) is 10.0 Å². The van der Waals surface area contributed by atoms with Gasteiger partial charge in [0.2, 0.25) is 10.0 Å². The maximum absolute atomic E-state index is 11.9. The lowest BCUT2D eigenvalue weighted by atomic mass is 10.2. The molecule has 0 aliphatic heterocycles. The fourth-order valence-corrected chi connectivity index (χ4v) is 3.22. The molecule has 0 fully saturated rings. The first kappa shape index (κ1) is 16.2. The lowest BCUT2D eigenvalue weighted by Gasteiger charge is -2.10. The van der Waals surface area contributed by atoms with Crippen LogP contribution in [-0.2, 0) is 14.8 Å². The topological polar surface area (TPSA) is 92.7 Å². The highest BCUT2D eigenvalue weighted by Gasteiger charge is 2.24. The Kier molecular flexibility index (Phi) is 5.57. The molecule has 0 unspecified atom stereocenters. The number of carboxylic acid groups (broad SMARTS) is 1. The molecule has 0 aliphatic carbocycles. The maximum Gasteiger partial charge on any atom is 0.338 e. The van der Waals surface area contributed by atoms with Crippen LogP contribution in [0.3, 0.4) is 0 Å². The van der Waals surface area contributed by atoms with Gasteiger partial charge in [0.05, 0.1) is 22.2 Å². The number of carbonyl (C=O) groups is 1. The number of hydrogen-bond acceptors (Lipinski definition) is 4. The van der Waals surface area contributed by atoms with E-state index in [9.17, 15) is 13.2 Å².